The first-order valence-corrected chi connectivity index (χ1v) is 11.8. The van der Waals surface area contributed by atoms with Crippen LogP contribution in [0.2, 0.25) is 39.3 Å². The van der Waals surface area contributed by atoms with Crippen molar-refractivity contribution in [3.05, 3.63) is 0 Å². The minimum Gasteiger partial charge on any atom is -0.418 e. The largest absolute Gasteiger partial charge is 0.418 e. The molecule has 0 fully saturated rings. The third kappa shape index (κ3) is 12.4. The number of hydrogen-bond donors (Lipinski definition) is 0. The van der Waals surface area contributed by atoms with Gasteiger partial charge in [-0.25, -0.2) is 0 Å². The zero-order valence-electron chi connectivity index (χ0n) is 9.94. The van der Waals surface area contributed by atoms with Crippen molar-refractivity contribution in [3.63, 3.8) is 0 Å². The van der Waals surface area contributed by atoms with E-state index in [1.54, 1.807) is 0 Å². The average molecular weight is 220 g/mol. The molecular formula is C9H24O2Si2. The maximum atomic E-state index is 5.72. The highest BCUT2D eigenvalue weighted by Crippen LogP contribution is 2.05. The summed E-state index contributed by atoms with van der Waals surface area (Å²) >= 11 is 0. The third-order valence-corrected chi connectivity index (χ3v) is 3.50. The summed E-state index contributed by atoms with van der Waals surface area (Å²) in [6.07, 6.45) is 1.04. The van der Waals surface area contributed by atoms with Crippen LogP contribution < -0.4 is 0 Å². The minimum absolute atomic E-state index is 0.861. The van der Waals surface area contributed by atoms with E-state index in [4.69, 9.17) is 8.85 Å². The van der Waals surface area contributed by atoms with E-state index in [1.165, 1.54) is 0 Å². The lowest BCUT2D eigenvalue weighted by Gasteiger charge is -2.19. The zero-order valence-corrected chi connectivity index (χ0v) is 11.9. The quantitative estimate of drug-likeness (QED) is 0.506. The first-order valence-electron chi connectivity index (χ1n) is 4.99. The zero-order chi connectivity index (χ0) is 10.5. The lowest BCUT2D eigenvalue weighted by atomic mass is 10.5. The van der Waals surface area contributed by atoms with Crippen molar-refractivity contribution in [2.75, 3.05) is 13.2 Å². The van der Waals surface area contributed by atoms with Gasteiger partial charge in [0.2, 0.25) is 0 Å². The fourth-order valence-corrected chi connectivity index (χ4v) is 2.33. The summed E-state index contributed by atoms with van der Waals surface area (Å²) < 4.78 is 11.4. The lowest BCUT2D eigenvalue weighted by Crippen LogP contribution is -2.28. The van der Waals surface area contributed by atoms with Crippen LogP contribution in [-0.4, -0.2) is 29.8 Å². The molecule has 0 aromatic carbocycles. The van der Waals surface area contributed by atoms with E-state index >= 15 is 0 Å². The Hall–Kier alpha value is 0.354. The molecular weight excluding hydrogens is 196 g/mol. The molecule has 0 heterocycles. The van der Waals surface area contributed by atoms with Gasteiger partial charge in [0, 0.05) is 13.2 Å². The van der Waals surface area contributed by atoms with Crippen molar-refractivity contribution < 1.29 is 8.85 Å². The van der Waals surface area contributed by atoms with E-state index < -0.39 is 16.6 Å². The van der Waals surface area contributed by atoms with E-state index in [0.717, 1.165) is 19.6 Å². The topological polar surface area (TPSA) is 18.5 Å². The van der Waals surface area contributed by atoms with Gasteiger partial charge in [0.1, 0.15) is 0 Å². The van der Waals surface area contributed by atoms with Gasteiger partial charge in [0.05, 0.1) is 0 Å². The fraction of sp³-hybridized carbons (Fsp3) is 1.00. The Morgan fingerprint density at radius 2 is 1.00 bits per heavy atom. The molecule has 80 valence electrons. The summed E-state index contributed by atoms with van der Waals surface area (Å²) in [4.78, 5) is 0. The first kappa shape index (κ1) is 13.4. The molecule has 4 heteroatoms. The van der Waals surface area contributed by atoms with Gasteiger partial charge >= 0.3 is 0 Å². The Morgan fingerprint density at radius 1 is 0.692 bits per heavy atom. The van der Waals surface area contributed by atoms with Crippen LogP contribution in [0, 0.1) is 0 Å². The van der Waals surface area contributed by atoms with Gasteiger partial charge in [0.25, 0.3) is 0 Å². The molecule has 0 spiro atoms. The third-order valence-electron chi connectivity index (χ3n) is 1.36. The molecule has 0 N–H and O–H groups in total. The monoisotopic (exact) mass is 220 g/mol. The normalized spacial score (nSPS) is 13.4. The maximum Gasteiger partial charge on any atom is 0.183 e. The van der Waals surface area contributed by atoms with Crippen molar-refractivity contribution >= 4 is 16.6 Å². The average Bonchev–Trinajstić information content (AvgIpc) is 1.81. The summed E-state index contributed by atoms with van der Waals surface area (Å²) in [5.74, 6) is 0. The van der Waals surface area contributed by atoms with Crippen LogP contribution >= 0.6 is 0 Å². The van der Waals surface area contributed by atoms with E-state index in [-0.39, 0.29) is 0 Å². The van der Waals surface area contributed by atoms with Crippen molar-refractivity contribution in [2.24, 2.45) is 0 Å². The molecule has 0 radical (unpaired) electrons. The maximum absolute atomic E-state index is 5.72. The fourth-order valence-electron chi connectivity index (χ4n) is 0.816. The Balaban J connectivity index is 3.28. The van der Waals surface area contributed by atoms with Crippen LogP contribution in [0.4, 0.5) is 0 Å². The van der Waals surface area contributed by atoms with Crippen LogP contribution in [0.3, 0.4) is 0 Å². The van der Waals surface area contributed by atoms with E-state index in [0.29, 0.717) is 0 Å². The standard InChI is InChI=1S/C9H24O2Si2/c1-12(2,3)10-8-7-9-11-13(4,5)6/h7-9H2,1-6H3. The second-order valence-electron chi connectivity index (χ2n) is 5.28. The second kappa shape index (κ2) is 5.29. The molecule has 0 unspecified atom stereocenters. The van der Waals surface area contributed by atoms with E-state index in [9.17, 15) is 0 Å². The molecule has 0 aliphatic rings. The van der Waals surface area contributed by atoms with Crippen molar-refractivity contribution in [3.8, 4) is 0 Å². The molecule has 0 amide bonds. The second-order valence-corrected chi connectivity index (χ2v) is 14.3. The van der Waals surface area contributed by atoms with E-state index in [2.05, 4.69) is 39.3 Å². The Labute approximate surface area is 84.9 Å². The van der Waals surface area contributed by atoms with Crippen molar-refractivity contribution in [1.82, 2.24) is 0 Å². The van der Waals surface area contributed by atoms with E-state index in [1.807, 2.05) is 0 Å². The summed E-state index contributed by atoms with van der Waals surface area (Å²) in [6.45, 7) is 15.0. The molecule has 0 rings (SSSR count). The Kier molecular flexibility index (Phi) is 5.43. The van der Waals surface area contributed by atoms with Gasteiger partial charge in [-0.1, -0.05) is 0 Å². The molecule has 0 aliphatic heterocycles. The van der Waals surface area contributed by atoms with Gasteiger partial charge < -0.3 is 8.85 Å². The van der Waals surface area contributed by atoms with Crippen LogP contribution in [-0.2, 0) is 8.85 Å². The van der Waals surface area contributed by atoms with Gasteiger partial charge in [-0.15, -0.1) is 0 Å². The van der Waals surface area contributed by atoms with Crippen molar-refractivity contribution in [1.29, 1.82) is 0 Å². The van der Waals surface area contributed by atoms with Gasteiger partial charge in [-0.3, -0.25) is 0 Å². The summed E-state index contributed by atoms with van der Waals surface area (Å²) in [5, 5.41) is 0. The molecule has 0 bridgehead atoms. The molecule has 0 saturated carbocycles. The van der Waals surface area contributed by atoms with Crippen LogP contribution in [0.15, 0.2) is 0 Å². The van der Waals surface area contributed by atoms with Gasteiger partial charge in [0.15, 0.2) is 16.6 Å². The highest BCUT2D eigenvalue weighted by molar-refractivity contribution is 6.70. The summed E-state index contributed by atoms with van der Waals surface area (Å²) in [6, 6.07) is 0. The summed E-state index contributed by atoms with van der Waals surface area (Å²) in [5.41, 5.74) is 0. The lowest BCUT2D eigenvalue weighted by molar-refractivity contribution is 0.240. The highest BCUT2D eigenvalue weighted by Gasteiger charge is 2.15. The predicted molar refractivity (Wildman–Crippen MR) is 63.2 cm³/mol. The van der Waals surface area contributed by atoms with Crippen LogP contribution in [0.5, 0.6) is 0 Å². The molecule has 2 nitrogen and oxygen atoms in total. The van der Waals surface area contributed by atoms with Gasteiger partial charge in [-0.2, -0.15) is 0 Å². The molecule has 0 saturated heterocycles. The van der Waals surface area contributed by atoms with Crippen LogP contribution in [0.1, 0.15) is 6.42 Å². The van der Waals surface area contributed by atoms with Crippen molar-refractivity contribution in [2.45, 2.75) is 45.7 Å². The first-order chi connectivity index (χ1) is 5.71. The molecule has 0 aliphatic carbocycles. The molecule has 0 atom stereocenters. The van der Waals surface area contributed by atoms with Gasteiger partial charge in [-0.05, 0) is 45.7 Å². The molecule has 0 aromatic rings. The molecule has 13 heavy (non-hydrogen) atoms. The summed E-state index contributed by atoms with van der Waals surface area (Å²) in [7, 11) is -2.59. The Morgan fingerprint density at radius 3 is 1.23 bits per heavy atom. The minimum atomic E-state index is -1.30. The van der Waals surface area contributed by atoms with Crippen LogP contribution in [0.25, 0.3) is 0 Å². The number of rotatable bonds is 6. The Bertz CT molecular complexity index is 120. The highest BCUT2D eigenvalue weighted by atomic mass is 28.4. The predicted octanol–water partition coefficient (Wildman–Crippen LogP) is 3.08. The SMILES string of the molecule is C[Si](C)(C)OCCCO[Si](C)(C)C. The molecule has 0 aromatic heterocycles. The number of hydrogen-bond acceptors (Lipinski definition) is 2. The smallest absolute Gasteiger partial charge is 0.183 e.